The van der Waals surface area contributed by atoms with Crippen LogP contribution in [0.25, 0.3) is 0 Å². The highest BCUT2D eigenvalue weighted by molar-refractivity contribution is 6.30. The summed E-state index contributed by atoms with van der Waals surface area (Å²) >= 11 is 5.95. The van der Waals surface area contributed by atoms with Crippen molar-refractivity contribution >= 4 is 23.2 Å². The Labute approximate surface area is 164 Å². The summed E-state index contributed by atoms with van der Waals surface area (Å²) in [5.74, 6) is -0.0251. The lowest BCUT2D eigenvalue weighted by molar-refractivity contribution is -0.128. The Bertz CT molecular complexity index is 869. The minimum Gasteiger partial charge on any atom is -0.364 e. The summed E-state index contributed by atoms with van der Waals surface area (Å²) in [6, 6.07) is 11.2. The van der Waals surface area contributed by atoms with Gasteiger partial charge in [0, 0.05) is 42.3 Å². The number of rotatable bonds is 5. The maximum absolute atomic E-state index is 14.6. The average molecular weight is 387 g/mol. The minimum atomic E-state index is -0.255. The third kappa shape index (κ3) is 3.43. The first-order valence-electron chi connectivity index (χ1n) is 9.68. The Morgan fingerprint density at radius 1 is 1.19 bits per heavy atom. The molecule has 2 aliphatic rings. The number of benzene rings is 2. The van der Waals surface area contributed by atoms with Gasteiger partial charge in [-0.05, 0) is 42.5 Å². The van der Waals surface area contributed by atoms with E-state index in [1.165, 1.54) is 17.3 Å². The normalized spacial score (nSPS) is 17.5. The van der Waals surface area contributed by atoms with Gasteiger partial charge in [-0.25, -0.2) is 4.39 Å². The van der Waals surface area contributed by atoms with Gasteiger partial charge in [0.1, 0.15) is 5.82 Å². The van der Waals surface area contributed by atoms with Crippen LogP contribution in [0, 0.1) is 5.82 Å². The molecule has 1 amide bonds. The second kappa shape index (κ2) is 7.51. The molecule has 1 fully saturated rings. The second-order valence-electron chi connectivity index (χ2n) is 7.38. The highest BCUT2D eigenvalue weighted by Gasteiger charge is 2.31. The first-order chi connectivity index (χ1) is 13.1. The summed E-state index contributed by atoms with van der Waals surface area (Å²) in [5.41, 5.74) is 4.31. The van der Waals surface area contributed by atoms with E-state index < -0.39 is 0 Å². The van der Waals surface area contributed by atoms with E-state index in [1.807, 2.05) is 4.90 Å². The topological polar surface area (TPSA) is 23.6 Å². The van der Waals surface area contributed by atoms with Crippen molar-refractivity contribution in [2.24, 2.45) is 0 Å². The van der Waals surface area contributed by atoms with Crippen LogP contribution in [0.15, 0.2) is 36.4 Å². The molecule has 3 nitrogen and oxygen atoms in total. The number of hydrogen-bond acceptors (Lipinski definition) is 2. The second-order valence-corrected chi connectivity index (χ2v) is 7.81. The number of para-hydroxylation sites is 1. The van der Waals surface area contributed by atoms with Crippen LogP contribution in [0.4, 0.5) is 10.1 Å². The van der Waals surface area contributed by atoms with Gasteiger partial charge in [0.2, 0.25) is 5.91 Å². The van der Waals surface area contributed by atoms with Crippen LogP contribution in [0.2, 0.25) is 5.02 Å². The molecule has 4 rings (SSSR count). The number of hydrogen-bond donors (Lipinski definition) is 0. The smallest absolute Gasteiger partial charge is 0.222 e. The zero-order chi connectivity index (χ0) is 19.0. The number of fused-ring (bicyclic) bond motifs is 1. The van der Waals surface area contributed by atoms with Gasteiger partial charge in [-0.15, -0.1) is 0 Å². The lowest BCUT2D eigenvalue weighted by Crippen LogP contribution is -2.29. The van der Waals surface area contributed by atoms with E-state index in [0.717, 1.165) is 37.9 Å². The molecule has 1 atom stereocenters. The lowest BCUT2D eigenvalue weighted by atomic mass is 10.0. The molecule has 142 valence electrons. The molecule has 0 aromatic heterocycles. The van der Waals surface area contributed by atoms with Crippen LogP contribution in [0.1, 0.15) is 48.9 Å². The predicted octanol–water partition coefficient (Wildman–Crippen LogP) is 5.12. The van der Waals surface area contributed by atoms with E-state index in [-0.39, 0.29) is 17.8 Å². The van der Waals surface area contributed by atoms with Crippen LogP contribution in [0.5, 0.6) is 0 Å². The molecule has 2 aliphatic heterocycles. The number of carbonyl (C=O) groups is 1. The van der Waals surface area contributed by atoms with Crippen molar-refractivity contribution < 1.29 is 9.18 Å². The van der Waals surface area contributed by atoms with E-state index in [0.29, 0.717) is 23.6 Å². The Hall–Kier alpha value is -2.07. The zero-order valence-electron chi connectivity index (χ0n) is 15.5. The Balaban J connectivity index is 1.70. The van der Waals surface area contributed by atoms with Crippen LogP contribution in [-0.2, 0) is 17.8 Å². The predicted molar refractivity (Wildman–Crippen MR) is 107 cm³/mol. The number of likely N-dealkylation sites (tertiary alicyclic amines) is 1. The first-order valence-corrected chi connectivity index (χ1v) is 10.1. The fourth-order valence-corrected chi connectivity index (χ4v) is 4.62. The third-order valence-electron chi connectivity index (χ3n) is 5.73. The van der Waals surface area contributed by atoms with E-state index in [1.54, 1.807) is 12.1 Å². The van der Waals surface area contributed by atoms with Gasteiger partial charge in [-0.2, -0.15) is 0 Å². The number of nitrogens with zero attached hydrogens (tertiary/aromatic N) is 2. The molecule has 0 saturated carbocycles. The fourth-order valence-electron chi connectivity index (χ4n) is 4.46. The summed E-state index contributed by atoms with van der Waals surface area (Å²) in [6.45, 7) is 4.41. The average Bonchev–Trinajstić information content (AvgIpc) is 3.25. The maximum atomic E-state index is 14.6. The van der Waals surface area contributed by atoms with Crippen molar-refractivity contribution in [3.8, 4) is 0 Å². The molecular formula is C22H24ClFN2O. The monoisotopic (exact) mass is 386 g/mol. The van der Waals surface area contributed by atoms with Crippen molar-refractivity contribution in [1.82, 2.24) is 4.90 Å². The molecule has 0 N–H and O–H groups in total. The van der Waals surface area contributed by atoms with Crippen molar-refractivity contribution in [3.63, 3.8) is 0 Å². The van der Waals surface area contributed by atoms with Crippen molar-refractivity contribution in [1.29, 1.82) is 0 Å². The zero-order valence-corrected chi connectivity index (χ0v) is 16.3. The summed E-state index contributed by atoms with van der Waals surface area (Å²) in [4.78, 5) is 16.4. The SMILES string of the molecule is CCC(c1ccc(Cl)cc1F)N1CCc2cccc(CN3CCCC3=O)c21. The van der Waals surface area contributed by atoms with Gasteiger partial charge in [-0.1, -0.05) is 42.8 Å². The minimum absolute atomic E-state index is 0.0426. The first kappa shape index (κ1) is 18.3. The van der Waals surface area contributed by atoms with Crippen LogP contribution in [-0.4, -0.2) is 23.9 Å². The molecule has 1 saturated heterocycles. The van der Waals surface area contributed by atoms with E-state index >= 15 is 0 Å². The van der Waals surface area contributed by atoms with Crippen molar-refractivity contribution in [3.05, 3.63) is 63.9 Å². The molecule has 0 aliphatic carbocycles. The molecule has 27 heavy (non-hydrogen) atoms. The van der Waals surface area contributed by atoms with Gasteiger partial charge in [-0.3, -0.25) is 4.79 Å². The van der Waals surface area contributed by atoms with Gasteiger partial charge in [0.25, 0.3) is 0 Å². The Morgan fingerprint density at radius 3 is 2.74 bits per heavy atom. The molecule has 0 bridgehead atoms. The van der Waals surface area contributed by atoms with Crippen molar-refractivity contribution in [2.75, 3.05) is 18.0 Å². The quantitative estimate of drug-likeness (QED) is 0.712. The lowest BCUT2D eigenvalue weighted by Gasteiger charge is -2.32. The molecule has 5 heteroatoms. The number of anilines is 1. The molecule has 0 radical (unpaired) electrons. The molecule has 0 spiro atoms. The van der Waals surface area contributed by atoms with Gasteiger partial charge in [0.15, 0.2) is 0 Å². The van der Waals surface area contributed by atoms with Crippen LogP contribution in [0.3, 0.4) is 0 Å². The molecule has 2 aromatic carbocycles. The van der Waals surface area contributed by atoms with Gasteiger partial charge < -0.3 is 9.80 Å². The van der Waals surface area contributed by atoms with Crippen LogP contribution >= 0.6 is 11.6 Å². The number of amides is 1. The van der Waals surface area contributed by atoms with Crippen LogP contribution < -0.4 is 4.90 Å². The van der Waals surface area contributed by atoms with Gasteiger partial charge >= 0.3 is 0 Å². The summed E-state index contributed by atoms with van der Waals surface area (Å²) in [7, 11) is 0. The standard InChI is InChI=1S/C22H24ClFN2O/c1-2-20(18-9-8-17(23)13-19(18)24)26-12-10-15-5-3-6-16(22(15)26)14-25-11-4-7-21(25)27/h3,5-6,8-9,13,20H,2,4,7,10-12,14H2,1H3. The van der Waals surface area contributed by atoms with E-state index in [2.05, 4.69) is 30.0 Å². The molecule has 1 unspecified atom stereocenters. The maximum Gasteiger partial charge on any atom is 0.222 e. The summed E-state index contributed by atoms with van der Waals surface area (Å²) in [5, 5.41) is 0.418. The Morgan fingerprint density at radius 2 is 2.04 bits per heavy atom. The number of halogens is 2. The molecule has 2 aromatic rings. The van der Waals surface area contributed by atoms with Gasteiger partial charge in [0.05, 0.1) is 6.04 Å². The van der Waals surface area contributed by atoms with E-state index in [9.17, 15) is 9.18 Å². The third-order valence-corrected chi connectivity index (χ3v) is 5.96. The highest BCUT2D eigenvalue weighted by atomic mass is 35.5. The van der Waals surface area contributed by atoms with Crippen molar-refractivity contribution in [2.45, 2.75) is 45.2 Å². The molecule has 2 heterocycles. The van der Waals surface area contributed by atoms with E-state index in [4.69, 9.17) is 11.6 Å². The fraction of sp³-hybridized carbons (Fsp3) is 0.409. The Kier molecular flexibility index (Phi) is 5.09. The number of carbonyl (C=O) groups excluding carboxylic acids is 1. The summed E-state index contributed by atoms with van der Waals surface area (Å²) < 4.78 is 14.6. The molecular weight excluding hydrogens is 363 g/mol. The summed E-state index contributed by atoms with van der Waals surface area (Å²) in [6.07, 6.45) is 3.33. The highest BCUT2D eigenvalue weighted by Crippen LogP contribution is 2.40. The largest absolute Gasteiger partial charge is 0.364 e.